The number of nitrogens with one attached hydrogen (secondary N) is 1. The number of carbonyl (C=O) groups is 1. The van der Waals surface area contributed by atoms with Gasteiger partial charge in [0.05, 0.1) is 11.1 Å². The van der Waals surface area contributed by atoms with Crippen LogP contribution in [-0.4, -0.2) is 26.6 Å². The van der Waals surface area contributed by atoms with Crippen molar-refractivity contribution in [1.29, 1.82) is 0 Å². The molecule has 8 heteroatoms. The topological polar surface area (TPSA) is 68.5 Å². The molecule has 25 heavy (non-hydrogen) atoms. The van der Waals surface area contributed by atoms with E-state index in [1.807, 2.05) is 35.7 Å². The van der Waals surface area contributed by atoms with Crippen LogP contribution in [0.2, 0.25) is 10.0 Å². The molecule has 1 unspecified atom stereocenters. The summed E-state index contributed by atoms with van der Waals surface area (Å²) >= 11 is 11.9. The van der Waals surface area contributed by atoms with Crippen molar-refractivity contribution in [3.05, 3.63) is 58.5 Å². The van der Waals surface area contributed by atoms with Gasteiger partial charge in [0, 0.05) is 11.2 Å². The van der Waals surface area contributed by atoms with E-state index in [0.717, 1.165) is 5.65 Å². The lowest BCUT2D eigenvalue weighted by Crippen LogP contribution is -2.38. The lowest BCUT2D eigenvalue weighted by Gasteiger charge is -2.18. The number of hydrogen-bond donors (Lipinski definition) is 1. The number of benzene rings is 1. The van der Waals surface area contributed by atoms with Gasteiger partial charge in [-0.2, -0.15) is 0 Å². The van der Waals surface area contributed by atoms with E-state index in [2.05, 4.69) is 15.5 Å². The normalized spacial score (nSPS) is 13.4. The summed E-state index contributed by atoms with van der Waals surface area (Å²) in [6.07, 6.45) is 1.11. The molecule has 0 bridgehead atoms. The molecular weight excluding hydrogens is 363 g/mol. The second-order valence-electron chi connectivity index (χ2n) is 5.55. The van der Waals surface area contributed by atoms with Crippen molar-refractivity contribution in [2.45, 2.75) is 26.0 Å². The maximum absolute atomic E-state index is 12.4. The number of hydrogen-bond acceptors (Lipinski definition) is 4. The largest absolute Gasteiger partial charge is 0.479 e. The standard InChI is InChI=1S/C17H16Cl2N4O2/c1-10(16-22-21-15-5-3-4-8-23(15)16)20-17(24)11(2)25-14-7-6-12(18)9-13(14)19/h3-11H,1-2H3,(H,20,24)/t10-,11?/m1/s1. The Bertz CT molecular complexity index is 913. The van der Waals surface area contributed by atoms with Crippen LogP contribution in [0.4, 0.5) is 0 Å². The zero-order valence-corrected chi connectivity index (χ0v) is 15.1. The minimum absolute atomic E-state index is 0.286. The third-order valence-electron chi connectivity index (χ3n) is 3.65. The van der Waals surface area contributed by atoms with Gasteiger partial charge in [-0.1, -0.05) is 29.3 Å². The van der Waals surface area contributed by atoms with Gasteiger partial charge in [-0.25, -0.2) is 0 Å². The van der Waals surface area contributed by atoms with Crippen LogP contribution in [-0.2, 0) is 4.79 Å². The highest BCUT2D eigenvalue weighted by Gasteiger charge is 2.21. The molecule has 2 aromatic heterocycles. The van der Waals surface area contributed by atoms with Crippen molar-refractivity contribution >= 4 is 34.8 Å². The van der Waals surface area contributed by atoms with Crippen LogP contribution in [0.15, 0.2) is 42.6 Å². The zero-order valence-electron chi connectivity index (χ0n) is 13.6. The first kappa shape index (κ1) is 17.5. The van der Waals surface area contributed by atoms with Gasteiger partial charge in [0.15, 0.2) is 17.6 Å². The second kappa shape index (κ2) is 7.29. The molecule has 1 amide bonds. The molecule has 130 valence electrons. The Kier molecular flexibility index (Phi) is 5.11. The second-order valence-corrected chi connectivity index (χ2v) is 6.40. The van der Waals surface area contributed by atoms with Crippen LogP contribution in [0.5, 0.6) is 5.75 Å². The fourth-order valence-corrected chi connectivity index (χ4v) is 2.82. The molecule has 2 heterocycles. The molecule has 3 rings (SSSR count). The fourth-order valence-electron chi connectivity index (χ4n) is 2.37. The van der Waals surface area contributed by atoms with Crippen molar-refractivity contribution < 1.29 is 9.53 Å². The van der Waals surface area contributed by atoms with Gasteiger partial charge in [0.1, 0.15) is 5.75 Å². The number of halogens is 2. The van der Waals surface area contributed by atoms with Gasteiger partial charge < -0.3 is 10.1 Å². The molecule has 0 radical (unpaired) electrons. The monoisotopic (exact) mass is 378 g/mol. The third-order valence-corrected chi connectivity index (χ3v) is 4.18. The van der Waals surface area contributed by atoms with Crippen molar-refractivity contribution in [2.75, 3.05) is 0 Å². The predicted octanol–water partition coefficient (Wildman–Crippen LogP) is 3.68. The van der Waals surface area contributed by atoms with Gasteiger partial charge >= 0.3 is 0 Å². The number of fused-ring (bicyclic) bond motifs is 1. The van der Waals surface area contributed by atoms with Crippen molar-refractivity contribution in [3.63, 3.8) is 0 Å². The summed E-state index contributed by atoms with van der Waals surface area (Å²) in [6, 6.07) is 10.1. The number of nitrogens with zero attached hydrogens (tertiary/aromatic N) is 3. The van der Waals surface area contributed by atoms with Crippen LogP contribution in [0, 0.1) is 0 Å². The minimum Gasteiger partial charge on any atom is -0.479 e. The van der Waals surface area contributed by atoms with Crippen LogP contribution in [0.1, 0.15) is 25.7 Å². The Morgan fingerprint density at radius 1 is 1.20 bits per heavy atom. The molecular formula is C17H16Cl2N4O2. The SMILES string of the molecule is CC(Oc1ccc(Cl)cc1Cl)C(=O)N[C@H](C)c1nnc2ccccn12. The molecule has 0 aliphatic rings. The van der Waals surface area contributed by atoms with Crippen LogP contribution >= 0.6 is 23.2 Å². The molecule has 0 saturated carbocycles. The minimum atomic E-state index is -0.736. The summed E-state index contributed by atoms with van der Waals surface area (Å²) in [5.41, 5.74) is 0.718. The Balaban J connectivity index is 1.68. The lowest BCUT2D eigenvalue weighted by molar-refractivity contribution is -0.128. The molecule has 0 aliphatic heterocycles. The summed E-state index contributed by atoms with van der Waals surface area (Å²) in [5.74, 6) is 0.751. The first-order chi connectivity index (χ1) is 12.0. The molecule has 2 atom stereocenters. The van der Waals surface area contributed by atoms with Gasteiger partial charge in [-0.15, -0.1) is 10.2 Å². The van der Waals surface area contributed by atoms with Crippen molar-refractivity contribution in [3.8, 4) is 5.75 Å². The number of ether oxygens (including phenoxy) is 1. The molecule has 3 aromatic rings. The number of pyridine rings is 1. The van der Waals surface area contributed by atoms with E-state index in [-0.39, 0.29) is 11.9 Å². The molecule has 0 fully saturated rings. The Hall–Kier alpha value is -2.31. The molecule has 1 aromatic carbocycles. The van der Waals surface area contributed by atoms with E-state index < -0.39 is 6.10 Å². The molecule has 6 nitrogen and oxygen atoms in total. The zero-order chi connectivity index (χ0) is 18.0. The van der Waals surface area contributed by atoms with E-state index >= 15 is 0 Å². The van der Waals surface area contributed by atoms with Crippen LogP contribution in [0.3, 0.4) is 0 Å². The quantitative estimate of drug-likeness (QED) is 0.734. The number of aromatic nitrogens is 3. The van der Waals surface area contributed by atoms with Crippen molar-refractivity contribution in [2.24, 2.45) is 0 Å². The smallest absolute Gasteiger partial charge is 0.261 e. The molecule has 0 saturated heterocycles. The van der Waals surface area contributed by atoms with E-state index in [4.69, 9.17) is 27.9 Å². The van der Waals surface area contributed by atoms with E-state index in [0.29, 0.717) is 21.6 Å². The molecule has 1 N–H and O–H groups in total. The maximum atomic E-state index is 12.4. The fraction of sp³-hybridized carbons (Fsp3) is 0.235. The van der Waals surface area contributed by atoms with E-state index in [1.165, 1.54) is 0 Å². The highest BCUT2D eigenvalue weighted by molar-refractivity contribution is 6.35. The highest BCUT2D eigenvalue weighted by atomic mass is 35.5. The summed E-state index contributed by atoms with van der Waals surface area (Å²) in [5, 5.41) is 11.9. The van der Waals surface area contributed by atoms with E-state index in [9.17, 15) is 4.79 Å². The first-order valence-electron chi connectivity index (χ1n) is 7.67. The average molecular weight is 379 g/mol. The number of amides is 1. The summed E-state index contributed by atoms with van der Waals surface area (Å²) in [4.78, 5) is 12.4. The average Bonchev–Trinajstić information content (AvgIpc) is 3.01. The van der Waals surface area contributed by atoms with E-state index in [1.54, 1.807) is 25.1 Å². The number of rotatable bonds is 5. The Morgan fingerprint density at radius 2 is 2.00 bits per heavy atom. The third kappa shape index (κ3) is 3.86. The Morgan fingerprint density at radius 3 is 2.76 bits per heavy atom. The summed E-state index contributed by atoms with van der Waals surface area (Å²) in [7, 11) is 0. The first-order valence-corrected chi connectivity index (χ1v) is 8.43. The van der Waals surface area contributed by atoms with Gasteiger partial charge in [-0.3, -0.25) is 9.20 Å². The van der Waals surface area contributed by atoms with Crippen LogP contribution < -0.4 is 10.1 Å². The summed E-state index contributed by atoms with van der Waals surface area (Å²) in [6.45, 7) is 3.48. The van der Waals surface area contributed by atoms with Gasteiger partial charge in [0.25, 0.3) is 5.91 Å². The highest BCUT2D eigenvalue weighted by Crippen LogP contribution is 2.28. The maximum Gasteiger partial charge on any atom is 0.261 e. The summed E-state index contributed by atoms with van der Waals surface area (Å²) < 4.78 is 7.45. The van der Waals surface area contributed by atoms with Crippen molar-refractivity contribution in [1.82, 2.24) is 19.9 Å². The predicted molar refractivity (Wildman–Crippen MR) is 96.1 cm³/mol. The Labute approximate surface area is 154 Å². The lowest BCUT2D eigenvalue weighted by atomic mass is 10.2. The molecule has 0 spiro atoms. The van der Waals surface area contributed by atoms with Gasteiger partial charge in [-0.05, 0) is 44.2 Å². The van der Waals surface area contributed by atoms with Crippen LogP contribution in [0.25, 0.3) is 5.65 Å². The molecule has 0 aliphatic carbocycles. The van der Waals surface area contributed by atoms with Gasteiger partial charge in [0.2, 0.25) is 0 Å². The number of carbonyl (C=O) groups excluding carboxylic acids is 1.